The van der Waals surface area contributed by atoms with Crippen molar-refractivity contribution in [1.29, 1.82) is 0 Å². The number of rotatable bonds is 0. The lowest BCUT2D eigenvalue weighted by atomic mass is 10.1. The predicted molar refractivity (Wildman–Crippen MR) is 95.4 cm³/mol. The third-order valence-corrected chi connectivity index (χ3v) is 4.23. The number of ether oxygens (including phenoxy) is 2. The molecule has 0 saturated carbocycles. The molecule has 1 aromatic carbocycles. The molecule has 0 N–H and O–H groups in total. The summed E-state index contributed by atoms with van der Waals surface area (Å²) in [7, 11) is 0. The number of esters is 2. The molecule has 5 aliphatic rings. The van der Waals surface area contributed by atoms with Gasteiger partial charge in [-0.25, -0.2) is 9.59 Å². The number of hydrogen-bond donors (Lipinski definition) is 0. The molecule has 0 amide bonds. The van der Waals surface area contributed by atoms with E-state index in [2.05, 4.69) is 33.5 Å². The molecule has 0 radical (unpaired) electrons. The lowest BCUT2D eigenvalue weighted by Crippen LogP contribution is -2.46. The van der Waals surface area contributed by atoms with Crippen LogP contribution in [0.4, 0.5) is 0 Å². The molecule has 1 fully saturated rings. The van der Waals surface area contributed by atoms with Crippen molar-refractivity contribution in [2.75, 3.05) is 52.5 Å². The summed E-state index contributed by atoms with van der Waals surface area (Å²) >= 11 is 0. The van der Waals surface area contributed by atoms with Crippen LogP contribution in [0.3, 0.4) is 0 Å². The zero-order valence-corrected chi connectivity index (χ0v) is 14.5. The van der Waals surface area contributed by atoms with E-state index in [1.807, 2.05) is 0 Å². The third kappa shape index (κ3) is 5.10. The number of carbonyl (C=O) groups excluding carboxylic acids is 2. The normalized spacial score (nSPS) is 23.7. The minimum Gasteiger partial charge on any atom is -0.449 e. The molecule has 134 valence electrons. The molecule has 6 rings (SSSR count). The van der Waals surface area contributed by atoms with E-state index in [9.17, 15) is 9.59 Å². The summed E-state index contributed by atoms with van der Waals surface area (Å²) in [5.74, 6) is 10.9. The number of hydrogen-bond acceptors (Lipinski definition) is 6. The molecule has 1 saturated heterocycles. The fourth-order valence-corrected chi connectivity index (χ4v) is 2.66. The second kappa shape index (κ2) is 9.05. The predicted octanol–water partition coefficient (Wildman–Crippen LogP) is 0.638. The SMILES string of the molecule is O=C1OCC#CCN2CCN(CC#CCOC(=O)c3ccc1cc3)CC2. The van der Waals surface area contributed by atoms with Crippen LogP contribution in [0, 0.1) is 23.7 Å². The van der Waals surface area contributed by atoms with Gasteiger partial charge in [0.15, 0.2) is 13.2 Å². The molecule has 5 aliphatic heterocycles. The number of piperazine rings is 1. The van der Waals surface area contributed by atoms with Crippen molar-refractivity contribution in [2.24, 2.45) is 0 Å². The third-order valence-electron chi connectivity index (χ3n) is 4.23. The lowest BCUT2D eigenvalue weighted by molar-refractivity contribution is 0.0542. The van der Waals surface area contributed by atoms with Crippen LogP contribution in [0.5, 0.6) is 0 Å². The van der Waals surface area contributed by atoms with Gasteiger partial charge in [-0.3, -0.25) is 9.80 Å². The molecule has 5 heterocycles. The van der Waals surface area contributed by atoms with E-state index >= 15 is 0 Å². The Bertz CT molecular complexity index is 705. The van der Waals surface area contributed by atoms with E-state index in [0.717, 1.165) is 26.2 Å². The van der Waals surface area contributed by atoms with Crippen molar-refractivity contribution in [3.63, 3.8) is 0 Å². The molecule has 0 aromatic heterocycles. The van der Waals surface area contributed by atoms with Crippen LogP contribution in [0.1, 0.15) is 20.7 Å². The molecule has 4 bridgehead atoms. The molecule has 0 atom stereocenters. The maximum Gasteiger partial charge on any atom is 0.339 e. The van der Waals surface area contributed by atoms with Gasteiger partial charge in [-0.05, 0) is 24.3 Å². The maximum absolute atomic E-state index is 12.0. The molecule has 0 spiro atoms. The highest BCUT2D eigenvalue weighted by Crippen LogP contribution is 2.07. The Balaban J connectivity index is 1.69. The summed E-state index contributed by atoms with van der Waals surface area (Å²) in [5.41, 5.74) is 0.738. The van der Waals surface area contributed by atoms with Gasteiger partial charge in [-0.1, -0.05) is 23.7 Å². The second-order valence-electron chi connectivity index (χ2n) is 5.99. The van der Waals surface area contributed by atoms with E-state index in [4.69, 9.17) is 9.47 Å². The molecule has 6 heteroatoms. The van der Waals surface area contributed by atoms with Crippen molar-refractivity contribution in [2.45, 2.75) is 0 Å². The Labute approximate surface area is 153 Å². The Morgan fingerprint density at radius 1 is 0.654 bits per heavy atom. The van der Waals surface area contributed by atoms with Crippen LogP contribution in [0.25, 0.3) is 0 Å². The molecule has 0 aliphatic carbocycles. The van der Waals surface area contributed by atoms with Crippen molar-refractivity contribution in [3.8, 4) is 23.7 Å². The average Bonchev–Trinajstić information content (AvgIpc) is 2.67. The molecule has 26 heavy (non-hydrogen) atoms. The van der Waals surface area contributed by atoms with Crippen LogP contribution in [0.2, 0.25) is 0 Å². The zero-order valence-electron chi connectivity index (χ0n) is 14.5. The first-order valence-corrected chi connectivity index (χ1v) is 8.53. The van der Waals surface area contributed by atoms with Crippen LogP contribution in [-0.2, 0) is 9.47 Å². The number of carbonyl (C=O) groups is 2. The summed E-state index contributed by atoms with van der Waals surface area (Å²) in [6, 6.07) is 6.14. The summed E-state index contributed by atoms with van der Waals surface area (Å²) in [5, 5.41) is 0. The summed E-state index contributed by atoms with van der Waals surface area (Å²) < 4.78 is 10.3. The van der Waals surface area contributed by atoms with Crippen LogP contribution in [0.15, 0.2) is 24.3 Å². The van der Waals surface area contributed by atoms with Crippen molar-refractivity contribution in [3.05, 3.63) is 35.4 Å². The number of nitrogens with zero attached hydrogens (tertiary/aromatic N) is 2. The van der Waals surface area contributed by atoms with E-state index in [-0.39, 0.29) is 13.2 Å². The van der Waals surface area contributed by atoms with Crippen LogP contribution >= 0.6 is 0 Å². The molecular formula is C20H20N2O4. The lowest BCUT2D eigenvalue weighted by Gasteiger charge is -2.32. The van der Waals surface area contributed by atoms with Gasteiger partial charge >= 0.3 is 11.9 Å². The molecule has 0 unspecified atom stereocenters. The Morgan fingerprint density at radius 2 is 1.04 bits per heavy atom. The van der Waals surface area contributed by atoms with Gasteiger partial charge in [0, 0.05) is 26.2 Å². The maximum atomic E-state index is 12.0. The fourth-order valence-electron chi connectivity index (χ4n) is 2.66. The van der Waals surface area contributed by atoms with Crippen LogP contribution in [-0.4, -0.2) is 74.2 Å². The monoisotopic (exact) mass is 352 g/mol. The van der Waals surface area contributed by atoms with Gasteiger partial charge in [-0.15, -0.1) is 0 Å². The van der Waals surface area contributed by atoms with Gasteiger partial charge in [-0.2, -0.15) is 0 Å². The first kappa shape index (κ1) is 18.0. The molecule has 6 nitrogen and oxygen atoms in total. The fraction of sp³-hybridized carbons (Fsp3) is 0.400. The minimum absolute atomic E-state index is 0.0538. The highest BCUT2D eigenvalue weighted by molar-refractivity contribution is 5.93. The minimum atomic E-state index is -0.465. The highest BCUT2D eigenvalue weighted by atomic mass is 16.5. The Morgan fingerprint density at radius 3 is 1.42 bits per heavy atom. The quantitative estimate of drug-likeness (QED) is 0.504. The Hall–Kier alpha value is -2.80. The molecule has 1 aromatic rings. The Kier molecular flexibility index (Phi) is 6.27. The number of benzene rings is 1. The van der Waals surface area contributed by atoms with E-state index in [1.54, 1.807) is 0 Å². The van der Waals surface area contributed by atoms with Gasteiger partial charge < -0.3 is 9.47 Å². The summed E-state index contributed by atoms with van der Waals surface area (Å²) in [6.45, 7) is 5.15. The standard InChI is InChI=1S/C20H20N2O4/c23-19-17-5-7-18(8-6-17)20(24)26-16-4-2-10-22-13-11-21(12-14-22)9-1-3-15-25-19/h5-8H,9-16H2. The second-order valence-corrected chi connectivity index (χ2v) is 5.99. The average molecular weight is 352 g/mol. The van der Waals surface area contributed by atoms with Crippen molar-refractivity contribution >= 4 is 11.9 Å². The van der Waals surface area contributed by atoms with Gasteiger partial charge in [0.1, 0.15) is 0 Å². The summed E-state index contributed by atoms with van der Waals surface area (Å²) in [4.78, 5) is 28.5. The van der Waals surface area contributed by atoms with Crippen LogP contribution < -0.4 is 0 Å². The van der Waals surface area contributed by atoms with Gasteiger partial charge in [0.05, 0.1) is 24.2 Å². The topological polar surface area (TPSA) is 59.1 Å². The zero-order chi connectivity index (χ0) is 18.2. The largest absolute Gasteiger partial charge is 0.449 e. The van der Waals surface area contributed by atoms with Gasteiger partial charge in [0.2, 0.25) is 0 Å². The van der Waals surface area contributed by atoms with E-state index in [0.29, 0.717) is 24.2 Å². The van der Waals surface area contributed by atoms with Gasteiger partial charge in [0.25, 0.3) is 0 Å². The van der Waals surface area contributed by atoms with Crippen molar-refractivity contribution in [1.82, 2.24) is 9.80 Å². The first-order chi connectivity index (χ1) is 12.7. The van der Waals surface area contributed by atoms with E-state index < -0.39 is 11.9 Å². The highest BCUT2D eigenvalue weighted by Gasteiger charge is 2.15. The molecular weight excluding hydrogens is 332 g/mol. The smallest absolute Gasteiger partial charge is 0.339 e. The van der Waals surface area contributed by atoms with Crippen molar-refractivity contribution < 1.29 is 19.1 Å². The first-order valence-electron chi connectivity index (χ1n) is 8.53. The summed E-state index contributed by atoms with van der Waals surface area (Å²) in [6.07, 6.45) is 0. The van der Waals surface area contributed by atoms with E-state index in [1.165, 1.54) is 24.3 Å².